The summed E-state index contributed by atoms with van der Waals surface area (Å²) in [5.41, 5.74) is 1.93. The van der Waals surface area contributed by atoms with E-state index in [1.807, 2.05) is 26.1 Å². The minimum atomic E-state index is -0.910. The van der Waals surface area contributed by atoms with Crippen molar-refractivity contribution < 1.29 is 14.7 Å². The number of carboxylic acid groups (broad SMARTS) is 1. The molecule has 2 rings (SSSR count). The van der Waals surface area contributed by atoms with E-state index in [-0.39, 0.29) is 5.91 Å². The van der Waals surface area contributed by atoms with Crippen molar-refractivity contribution in [3.63, 3.8) is 0 Å². The zero-order chi connectivity index (χ0) is 14.7. The molecule has 0 saturated heterocycles. The minimum absolute atomic E-state index is 0.204. The Kier molecular flexibility index (Phi) is 4.22. The first-order valence-corrected chi connectivity index (χ1v) is 6.63. The van der Waals surface area contributed by atoms with E-state index in [0.29, 0.717) is 19.4 Å². The van der Waals surface area contributed by atoms with Crippen LogP contribution in [0.25, 0.3) is 0 Å². The molecule has 1 amide bonds. The first-order chi connectivity index (χ1) is 9.50. The van der Waals surface area contributed by atoms with Crippen molar-refractivity contribution in [3.8, 4) is 0 Å². The Balaban J connectivity index is 1.99. The van der Waals surface area contributed by atoms with Crippen LogP contribution in [0.1, 0.15) is 24.1 Å². The lowest BCUT2D eigenvalue weighted by Crippen LogP contribution is -2.38. The van der Waals surface area contributed by atoms with Gasteiger partial charge in [-0.2, -0.15) is 5.10 Å². The van der Waals surface area contributed by atoms with Crippen molar-refractivity contribution in [1.82, 2.24) is 15.1 Å². The lowest BCUT2D eigenvalue weighted by atomic mass is 9.82. The molecule has 2 N–H and O–H groups in total. The summed E-state index contributed by atoms with van der Waals surface area (Å²) in [5.74, 6) is -2.23. The van der Waals surface area contributed by atoms with Crippen LogP contribution in [-0.2, 0) is 23.2 Å². The average Bonchev–Trinajstić information content (AvgIpc) is 2.76. The number of aromatic nitrogens is 2. The average molecular weight is 277 g/mol. The normalized spacial score (nSPS) is 21.7. The van der Waals surface area contributed by atoms with E-state index in [4.69, 9.17) is 5.11 Å². The Hall–Kier alpha value is -2.11. The van der Waals surface area contributed by atoms with Gasteiger partial charge < -0.3 is 10.4 Å². The van der Waals surface area contributed by atoms with Crippen molar-refractivity contribution in [2.24, 2.45) is 18.9 Å². The van der Waals surface area contributed by atoms with E-state index >= 15 is 0 Å². The predicted molar refractivity (Wildman–Crippen MR) is 72.8 cm³/mol. The number of allylic oxidation sites excluding steroid dienone is 2. The van der Waals surface area contributed by atoms with Crippen molar-refractivity contribution >= 4 is 11.9 Å². The van der Waals surface area contributed by atoms with Crippen LogP contribution >= 0.6 is 0 Å². The van der Waals surface area contributed by atoms with Gasteiger partial charge in [-0.3, -0.25) is 14.3 Å². The Morgan fingerprint density at radius 3 is 2.60 bits per heavy atom. The molecule has 20 heavy (non-hydrogen) atoms. The fourth-order valence-electron chi connectivity index (χ4n) is 2.41. The molecule has 0 radical (unpaired) electrons. The molecule has 1 aromatic rings. The van der Waals surface area contributed by atoms with Gasteiger partial charge in [-0.25, -0.2) is 0 Å². The van der Waals surface area contributed by atoms with Gasteiger partial charge in [0.1, 0.15) is 0 Å². The number of carbonyl (C=O) groups excluding carboxylic acids is 1. The zero-order valence-electron chi connectivity index (χ0n) is 11.7. The molecule has 1 aromatic heterocycles. The molecule has 108 valence electrons. The van der Waals surface area contributed by atoms with Gasteiger partial charge in [0.15, 0.2) is 0 Å². The van der Waals surface area contributed by atoms with Gasteiger partial charge in [-0.15, -0.1) is 0 Å². The fourth-order valence-corrected chi connectivity index (χ4v) is 2.41. The number of nitrogens with one attached hydrogen (secondary N) is 1. The van der Waals surface area contributed by atoms with Crippen LogP contribution in [0.5, 0.6) is 0 Å². The molecule has 0 bridgehead atoms. The molecular formula is C14H19N3O3. The monoisotopic (exact) mass is 277 g/mol. The van der Waals surface area contributed by atoms with Gasteiger partial charge >= 0.3 is 5.97 Å². The van der Waals surface area contributed by atoms with Crippen LogP contribution in [0.15, 0.2) is 18.3 Å². The number of aryl methyl sites for hydroxylation is 1. The lowest BCUT2D eigenvalue weighted by molar-refractivity contribution is -0.147. The molecule has 1 aliphatic rings. The summed E-state index contributed by atoms with van der Waals surface area (Å²) >= 11 is 0. The zero-order valence-corrected chi connectivity index (χ0v) is 11.7. The molecule has 0 aliphatic heterocycles. The summed E-state index contributed by atoms with van der Waals surface area (Å²) in [5, 5.41) is 16.1. The highest BCUT2D eigenvalue weighted by Gasteiger charge is 2.33. The van der Waals surface area contributed by atoms with Crippen LogP contribution in [0.2, 0.25) is 0 Å². The molecule has 1 aliphatic carbocycles. The molecular weight excluding hydrogens is 258 g/mol. The number of hydrogen-bond donors (Lipinski definition) is 2. The van der Waals surface area contributed by atoms with Gasteiger partial charge in [0.05, 0.1) is 18.0 Å². The maximum absolute atomic E-state index is 12.2. The Morgan fingerprint density at radius 2 is 2.05 bits per heavy atom. The summed E-state index contributed by atoms with van der Waals surface area (Å²) in [4.78, 5) is 23.3. The fraction of sp³-hybridized carbons (Fsp3) is 0.500. The third-order valence-corrected chi connectivity index (χ3v) is 3.88. The number of carboxylic acids is 1. The number of aliphatic carboxylic acids is 1. The minimum Gasteiger partial charge on any atom is -0.481 e. The second kappa shape index (κ2) is 5.90. The molecule has 2 unspecified atom stereocenters. The molecule has 0 saturated carbocycles. The Labute approximate surface area is 117 Å². The SMILES string of the molecule is Cc1c(CNC(=O)C2CC=CCC2C(=O)O)cnn1C. The smallest absolute Gasteiger partial charge is 0.307 e. The first kappa shape index (κ1) is 14.3. The maximum atomic E-state index is 12.2. The second-order valence-corrected chi connectivity index (χ2v) is 5.09. The summed E-state index contributed by atoms with van der Waals surface area (Å²) in [7, 11) is 1.84. The van der Waals surface area contributed by atoms with Crippen molar-refractivity contribution in [2.75, 3.05) is 0 Å². The first-order valence-electron chi connectivity index (χ1n) is 6.63. The summed E-state index contributed by atoms with van der Waals surface area (Å²) in [6.45, 7) is 2.31. The van der Waals surface area contributed by atoms with Gasteiger partial charge in [0.25, 0.3) is 0 Å². The molecule has 6 nitrogen and oxygen atoms in total. The van der Waals surface area contributed by atoms with E-state index in [1.54, 1.807) is 10.9 Å². The summed E-state index contributed by atoms with van der Waals surface area (Å²) in [6.07, 6.45) is 6.31. The van der Waals surface area contributed by atoms with E-state index < -0.39 is 17.8 Å². The van der Waals surface area contributed by atoms with Gasteiger partial charge in [-0.05, 0) is 19.8 Å². The van der Waals surface area contributed by atoms with Crippen LogP contribution in [0.4, 0.5) is 0 Å². The third-order valence-electron chi connectivity index (χ3n) is 3.88. The van der Waals surface area contributed by atoms with Crippen molar-refractivity contribution in [3.05, 3.63) is 29.6 Å². The molecule has 1 heterocycles. The van der Waals surface area contributed by atoms with Gasteiger partial charge in [0.2, 0.25) is 5.91 Å². The number of rotatable bonds is 4. The quantitative estimate of drug-likeness (QED) is 0.804. The van der Waals surface area contributed by atoms with Crippen molar-refractivity contribution in [1.29, 1.82) is 0 Å². The standard InChI is InChI=1S/C14H19N3O3/c1-9-10(8-16-17(9)2)7-15-13(18)11-5-3-4-6-12(11)14(19)20/h3-4,8,11-12H,5-7H2,1-2H3,(H,15,18)(H,19,20). The van der Waals surface area contributed by atoms with Gasteiger partial charge in [0, 0.05) is 24.8 Å². The molecule has 6 heteroatoms. The second-order valence-electron chi connectivity index (χ2n) is 5.09. The maximum Gasteiger partial charge on any atom is 0.307 e. The van der Waals surface area contributed by atoms with Crippen LogP contribution in [0, 0.1) is 18.8 Å². The topological polar surface area (TPSA) is 84.2 Å². The number of hydrogen-bond acceptors (Lipinski definition) is 3. The van der Waals surface area contributed by atoms with E-state index in [0.717, 1.165) is 11.3 Å². The molecule has 0 fully saturated rings. The molecule has 2 atom stereocenters. The Morgan fingerprint density at radius 1 is 1.40 bits per heavy atom. The highest BCUT2D eigenvalue weighted by Crippen LogP contribution is 2.26. The van der Waals surface area contributed by atoms with Crippen LogP contribution in [-0.4, -0.2) is 26.8 Å². The van der Waals surface area contributed by atoms with E-state index in [2.05, 4.69) is 10.4 Å². The largest absolute Gasteiger partial charge is 0.481 e. The van der Waals surface area contributed by atoms with Crippen LogP contribution < -0.4 is 5.32 Å². The summed E-state index contributed by atoms with van der Waals surface area (Å²) in [6, 6.07) is 0. The number of amides is 1. The summed E-state index contributed by atoms with van der Waals surface area (Å²) < 4.78 is 1.74. The van der Waals surface area contributed by atoms with Crippen LogP contribution in [0.3, 0.4) is 0 Å². The number of carbonyl (C=O) groups is 2. The molecule has 0 aromatic carbocycles. The van der Waals surface area contributed by atoms with E-state index in [1.165, 1.54) is 0 Å². The van der Waals surface area contributed by atoms with Crippen molar-refractivity contribution in [2.45, 2.75) is 26.3 Å². The highest BCUT2D eigenvalue weighted by atomic mass is 16.4. The Bertz CT molecular complexity index is 548. The van der Waals surface area contributed by atoms with E-state index in [9.17, 15) is 9.59 Å². The number of nitrogens with zero attached hydrogens (tertiary/aromatic N) is 2. The predicted octanol–water partition coefficient (Wildman–Crippen LogP) is 1.01. The highest BCUT2D eigenvalue weighted by molar-refractivity contribution is 5.85. The lowest BCUT2D eigenvalue weighted by Gasteiger charge is -2.24. The third kappa shape index (κ3) is 2.89. The molecule has 0 spiro atoms. The van der Waals surface area contributed by atoms with Gasteiger partial charge in [-0.1, -0.05) is 12.2 Å².